The number of dihydropyridines is 1. The van der Waals surface area contributed by atoms with Crippen LogP contribution >= 0.6 is 0 Å². The van der Waals surface area contributed by atoms with Gasteiger partial charge in [-0.1, -0.05) is 145 Å². The highest BCUT2D eigenvalue weighted by Crippen LogP contribution is 2.38. The highest BCUT2D eigenvalue weighted by Gasteiger charge is 2.19. The fourth-order valence-corrected chi connectivity index (χ4v) is 8.08. The number of fused-ring (bicyclic) bond motifs is 6. The quantitative estimate of drug-likeness (QED) is 0.175. The van der Waals surface area contributed by atoms with Gasteiger partial charge in [-0.3, -0.25) is 9.97 Å². The SMILES string of the molecule is Cc1cccc(C2=CC(c3cccc(-c4cccc(-c5cccc(-c6ccc7c(c6)c6ccccc6c6nccnc76)c5)c4)c3)=CC(c3ccccc3)N2)c1. The van der Waals surface area contributed by atoms with Gasteiger partial charge in [-0.15, -0.1) is 0 Å². The van der Waals surface area contributed by atoms with Crippen molar-refractivity contribution in [3.63, 3.8) is 0 Å². The maximum absolute atomic E-state index is 4.74. The molecule has 0 amide bonds. The van der Waals surface area contributed by atoms with E-state index in [9.17, 15) is 0 Å². The Labute approximate surface area is 321 Å². The van der Waals surface area contributed by atoms with Crippen molar-refractivity contribution in [2.45, 2.75) is 13.0 Å². The summed E-state index contributed by atoms with van der Waals surface area (Å²) in [6, 6.07) is 61.4. The van der Waals surface area contributed by atoms with Gasteiger partial charge >= 0.3 is 0 Å². The minimum atomic E-state index is 0.0605. The lowest BCUT2D eigenvalue weighted by Gasteiger charge is -2.26. The fourth-order valence-electron chi connectivity index (χ4n) is 8.08. The molecule has 2 heterocycles. The van der Waals surface area contributed by atoms with E-state index in [0.29, 0.717) is 0 Å². The number of allylic oxidation sites excluding steroid dienone is 2. The lowest BCUT2D eigenvalue weighted by Crippen LogP contribution is -2.21. The first-order valence-corrected chi connectivity index (χ1v) is 18.8. The molecule has 3 nitrogen and oxygen atoms in total. The normalized spacial score (nSPS) is 14.1. The van der Waals surface area contributed by atoms with E-state index in [0.717, 1.165) is 27.5 Å². The number of benzene rings is 8. The van der Waals surface area contributed by atoms with Crippen molar-refractivity contribution in [3.05, 3.63) is 217 Å². The second kappa shape index (κ2) is 13.7. The van der Waals surface area contributed by atoms with Crippen LogP contribution in [0.3, 0.4) is 0 Å². The molecule has 10 rings (SSSR count). The summed E-state index contributed by atoms with van der Waals surface area (Å²) >= 11 is 0. The molecule has 55 heavy (non-hydrogen) atoms. The number of aryl methyl sites for hydroxylation is 1. The number of nitrogens with zero attached hydrogens (tertiary/aromatic N) is 2. The van der Waals surface area contributed by atoms with Gasteiger partial charge in [0.2, 0.25) is 0 Å². The molecule has 1 aliphatic heterocycles. The second-order valence-electron chi connectivity index (χ2n) is 14.4. The van der Waals surface area contributed by atoms with Gasteiger partial charge in [0.25, 0.3) is 0 Å². The van der Waals surface area contributed by atoms with E-state index in [-0.39, 0.29) is 6.04 Å². The van der Waals surface area contributed by atoms with E-state index in [2.05, 4.69) is 194 Å². The summed E-state index contributed by atoms with van der Waals surface area (Å²) in [4.78, 5) is 9.45. The van der Waals surface area contributed by atoms with Crippen molar-refractivity contribution in [2.75, 3.05) is 0 Å². The number of hydrogen-bond donors (Lipinski definition) is 1. The molecular formula is C52H37N3. The molecule has 0 saturated heterocycles. The third kappa shape index (κ3) is 6.16. The van der Waals surface area contributed by atoms with E-state index >= 15 is 0 Å². The van der Waals surface area contributed by atoms with Gasteiger partial charge in [0.05, 0.1) is 17.1 Å². The highest BCUT2D eigenvalue weighted by molar-refractivity contribution is 6.23. The molecule has 0 aliphatic carbocycles. The molecule has 0 bridgehead atoms. The van der Waals surface area contributed by atoms with Crippen LogP contribution in [0.1, 0.15) is 28.3 Å². The molecule has 3 heteroatoms. The lowest BCUT2D eigenvalue weighted by atomic mass is 9.91. The minimum Gasteiger partial charge on any atom is -0.374 e. The van der Waals surface area contributed by atoms with Crippen molar-refractivity contribution in [3.8, 4) is 33.4 Å². The van der Waals surface area contributed by atoms with Crippen LogP contribution in [0.5, 0.6) is 0 Å². The van der Waals surface area contributed by atoms with E-state index in [1.165, 1.54) is 72.0 Å². The summed E-state index contributed by atoms with van der Waals surface area (Å²) in [6.07, 6.45) is 8.20. The summed E-state index contributed by atoms with van der Waals surface area (Å²) in [5.74, 6) is 0. The van der Waals surface area contributed by atoms with E-state index in [1.54, 1.807) is 12.4 Å². The summed E-state index contributed by atoms with van der Waals surface area (Å²) in [5.41, 5.74) is 16.2. The van der Waals surface area contributed by atoms with Gasteiger partial charge in [-0.25, -0.2) is 0 Å². The lowest BCUT2D eigenvalue weighted by molar-refractivity contribution is 0.766. The van der Waals surface area contributed by atoms with Crippen molar-refractivity contribution >= 4 is 43.8 Å². The molecule has 8 aromatic carbocycles. The molecule has 1 N–H and O–H groups in total. The molecule has 0 saturated carbocycles. The van der Waals surface area contributed by atoms with Crippen LogP contribution in [-0.4, -0.2) is 9.97 Å². The first-order valence-electron chi connectivity index (χ1n) is 18.8. The molecule has 1 aromatic heterocycles. The van der Waals surface area contributed by atoms with Crippen LogP contribution in [0.25, 0.3) is 77.2 Å². The van der Waals surface area contributed by atoms with E-state index in [4.69, 9.17) is 9.97 Å². The Hall–Kier alpha value is -7.10. The van der Waals surface area contributed by atoms with E-state index in [1.807, 2.05) is 0 Å². The standard InChI is InChI=1S/C52H37N3/c1-34-11-7-20-43(27-34)50-33-44(32-49(55-50)35-12-3-2-4-13-35)41-19-10-17-39(30-41)37-15-8-14-36(28-37)38-16-9-18-40(29-38)42-23-24-47-48(31-42)45-21-5-6-22-46(45)51-52(47)54-26-25-53-51/h2-33,49,55H,1H3. The Morgan fingerprint density at radius 2 is 0.945 bits per heavy atom. The largest absolute Gasteiger partial charge is 0.374 e. The number of hydrogen-bond acceptors (Lipinski definition) is 3. The zero-order valence-electron chi connectivity index (χ0n) is 30.4. The molecule has 0 fully saturated rings. The number of aromatic nitrogens is 2. The van der Waals surface area contributed by atoms with Gasteiger partial charge in [0, 0.05) is 28.9 Å². The Morgan fingerprint density at radius 3 is 1.60 bits per heavy atom. The highest BCUT2D eigenvalue weighted by atomic mass is 14.9. The van der Waals surface area contributed by atoms with Gasteiger partial charge in [0.1, 0.15) is 0 Å². The molecule has 9 aromatic rings. The summed E-state index contributed by atoms with van der Waals surface area (Å²) in [5, 5.41) is 8.43. The topological polar surface area (TPSA) is 37.8 Å². The average molecular weight is 704 g/mol. The zero-order chi connectivity index (χ0) is 36.7. The van der Waals surface area contributed by atoms with Gasteiger partial charge in [-0.05, 0) is 116 Å². The van der Waals surface area contributed by atoms with Crippen LogP contribution in [0.15, 0.2) is 194 Å². The van der Waals surface area contributed by atoms with Gasteiger partial charge in [0.15, 0.2) is 0 Å². The molecular weight excluding hydrogens is 667 g/mol. The number of rotatable bonds is 6. The van der Waals surface area contributed by atoms with E-state index < -0.39 is 0 Å². The number of nitrogens with one attached hydrogen (secondary N) is 1. The zero-order valence-corrected chi connectivity index (χ0v) is 30.4. The minimum absolute atomic E-state index is 0.0605. The van der Waals surface area contributed by atoms with Crippen molar-refractivity contribution in [1.82, 2.24) is 15.3 Å². The van der Waals surface area contributed by atoms with Crippen LogP contribution in [0, 0.1) is 6.92 Å². The van der Waals surface area contributed by atoms with Crippen LogP contribution < -0.4 is 5.32 Å². The maximum atomic E-state index is 4.74. The predicted molar refractivity (Wildman–Crippen MR) is 230 cm³/mol. The fraction of sp³-hybridized carbons (Fsp3) is 0.0385. The van der Waals surface area contributed by atoms with Gasteiger partial charge in [-0.2, -0.15) is 0 Å². The Morgan fingerprint density at radius 1 is 0.418 bits per heavy atom. The first kappa shape index (κ1) is 32.5. The molecule has 1 unspecified atom stereocenters. The Kier molecular flexibility index (Phi) is 8.11. The summed E-state index contributed by atoms with van der Waals surface area (Å²) in [6.45, 7) is 2.15. The monoisotopic (exact) mass is 703 g/mol. The summed E-state index contributed by atoms with van der Waals surface area (Å²) in [7, 11) is 0. The second-order valence-corrected chi connectivity index (χ2v) is 14.4. The van der Waals surface area contributed by atoms with Crippen LogP contribution in [-0.2, 0) is 0 Å². The first-order chi connectivity index (χ1) is 27.1. The van der Waals surface area contributed by atoms with Crippen molar-refractivity contribution < 1.29 is 0 Å². The predicted octanol–water partition coefficient (Wildman–Crippen LogP) is 13.0. The third-order valence-corrected chi connectivity index (χ3v) is 10.8. The van der Waals surface area contributed by atoms with Crippen molar-refractivity contribution in [1.29, 1.82) is 0 Å². The Bertz CT molecular complexity index is 2940. The Balaban J connectivity index is 1.00. The molecule has 0 spiro atoms. The molecule has 0 radical (unpaired) electrons. The van der Waals surface area contributed by atoms with Gasteiger partial charge < -0.3 is 5.32 Å². The van der Waals surface area contributed by atoms with Crippen LogP contribution in [0.2, 0.25) is 0 Å². The molecule has 1 atom stereocenters. The smallest absolute Gasteiger partial charge is 0.0971 e. The summed E-state index contributed by atoms with van der Waals surface area (Å²) < 4.78 is 0. The van der Waals surface area contributed by atoms with Crippen molar-refractivity contribution in [2.24, 2.45) is 0 Å². The third-order valence-electron chi connectivity index (χ3n) is 10.8. The molecule has 260 valence electrons. The van der Waals surface area contributed by atoms with Crippen LogP contribution in [0.4, 0.5) is 0 Å². The molecule has 1 aliphatic rings. The maximum Gasteiger partial charge on any atom is 0.0971 e. The average Bonchev–Trinajstić information content (AvgIpc) is 3.26.